The van der Waals surface area contributed by atoms with Crippen LogP contribution in [-0.4, -0.2) is 24.1 Å². The number of ether oxygens (including phenoxy) is 1. The SMILES string of the molecule is CCC1CCCC(Nc2nc(C(=O)OC)cs2)C1. The first-order valence-corrected chi connectivity index (χ1v) is 7.41. The normalized spacial score (nSPS) is 23.7. The molecule has 0 amide bonds. The molecule has 2 unspecified atom stereocenters. The third-order valence-electron chi connectivity index (χ3n) is 3.59. The Kier molecular flexibility index (Phi) is 4.58. The molecule has 5 heteroatoms. The lowest BCUT2D eigenvalue weighted by Crippen LogP contribution is -2.27. The zero-order valence-corrected chi connectivity index (χ0v) is 11.8. The number of carbonyl (C=O) groups is 1. The lowest BCUT2D eigenvalue weighted by atomic mass is 9.84. The van der Waals surface area contributed by atoms with E-state index in [0.29, 0.717) is 11.7 Å². The van der Waals surface area contributed by atoms with Crippen molar-refractivity contribution in [2.24, 2.45) is 5.92 Å². The van der Waals surface area contributed by atoms with Crippen LogP contribution in [0.3, 0.4) is 0 Å². The van der Waals surface area contributed by atoms with Crippen LogP contribution < -0.4 is 5.32 Å². The fourth-order valence-corrected chi connectivity index (χ4v) is 3.26. The number of nitrogens with zero attached hydrogens (tertiary/aromatic N) is 1. The zero-order chi connectivity index (χ0) is 13.0. The third-order valence-corrected chi connectivity index (χ3v) is 4.36. The van der Waals surface area contributed by atoms with Crippen LogP contribution >= 0.6 is 11.3 Å². The van der Waals surface area contributed by atoms with E-state index in [1.807, 2.05) is 0 Å². The van der Waals surface area contributed by atoms with Crippen molar-refractivity contribution in [3.63, 3.8) is 0 Å². The number of thiazole rings is 1. The minimum absolute atomic E-state index is 0.366. The van der Waals surface area contributed by atoms with Gasteiger partial charge in [0.05, 0.1) is 7.11 Å². The second kappa shape index (κ2) is 6.18. The van der Waals surface area contributed by atoms with Crippen LogP contribution in [0.2, 0.25) is 0 Å². The van der Waals surface area contributed by atoms with E-state index in [2.05, 4.69) is 22.0 Å². The summed E-state index contributed by atoms with van der Waals surface area (Å²) in [6.45, 7) is 2.26. The van der Waals surface area contributed by atoms with Gasteiger partial charge in [-0.05, 0) is 18.8 Å². The highest BCUT2D eigenvalue weighted by Crippen LogP contribution is 2.29. The summed E-state index contributed by atoms with van der Waals surface area (Å²) < 4.78 is 4.65. The molecule has 0 saturated heterocycles. The number of anilines is 1. The first-order chi connectivity index (χ1) is 8.72. The van der Waals surface area contributed by atoms with Gasteiger partial charge in [-0.2, -0.15) is 0 Å². The van der Waals surface area contributed by atoms with Crippen molar-refractivity contribution in [1.29, 1.82) is 0 Å². The number of hydrogen-bond acceptors (Lipinski definition) is 5. The largest absolute Gasteiger partial charge is 0.464 e. The topological polar surface area (TPSA) is 51.2 Å². The van der Waals surface area contributed by atoms with Gasteiger partial charge in [0.15, 0.2) is 10.8 Å². The van der Waals surface area contributed by atoms with Gasteiger partial charge >= 0.3 is 5.97 Å². The number of nitrogens with one attached hydrogen (secondary N) is 1. The molecule has 0 bridgehead atoms. The van der Waals surface area contributed by atoms with E-state index in [1.165, 1.54) is 50.6 Å². The Morgan fingerprint density at radius 2 is 2.44 bits per heavy atom. The van der Waals surface area contributed by atoms with Gasteiger partial charge in [0.1, 0.15) is 0 Å². The molecule has 1 saturated carbocycles. The molecule has 1 aromatic heterocycles. The van der Waals surface area contributed by atoms with E-state index in [1.54, 1.807) is 5.38 Å². The highest BCUT2D eigenvalue weighted by atomic mass is 32.1. The standard InChI is InChI=1S/C13H20N2O2S/c1-3-9-5-4-6-10(7-9)14-13-15-11(8-18-13)12(16)17-2/h8-10H,3-7H2,1-2H3,(H,14,15). The number of aromatic nitrogens is 1. The number of carbonyl (C=O) groups excluding carboxylic acids is 1. The highest BCUT2D eigenvalue weighted by molar-refractivity contribution is 7.13. The van der Waals surface area contributed by atoms with Gasteiger partial charge in [0, 0.05) is 11.4 Å². The van der Waals surface area contributed by atoms with Crippen LogP contribution in [0, 0.1) is 5.92 Å². The lowest BCUT2D eigenvalue weighted by molar-refractivity contribution is 0.0595. The van der Waals surface area contributed by atoms with E-state index in [9.17, 15) is 4.79 Å². The van der Waals surface area contributed by atoms with Gasteiger partial charge in [-0.25, -0.2) is 9.78 Å². The number of esters is 1. The lowest BCUT2D eigenvalue weighted by Gasteiger charge is -2.28. The molecule has 1 N–H and O–H groups in total. The van der Waals surface area contributed by atoms with Crippen molar-refractivity contribution in [2.45, 2.75) is 45.1 Å². The summed E-state index contributed by atoms with van der Waals surface area (Å²) in [7, 11) is 1.38. The van der Waals surface area contributed by atoms with Gasteiger partial charge < -0.3 is 10.1 Å². The van der Waals surface area contributed by atoms with Crippen molar-refractivity contribution in [1.82, 2.24) is 4.98 Å². The Hall–Kier alpha value is -1.10. The van der Waals surface area contributed by atoms with Crippen LogP contribution in [0.15, 0.2) is 5.38 Å². The molecule has 1 fully saturated rings. The van der Waals surface area contributed by atoms with Crippen LogP contribution in [-0.2, 0) is 4.74 Å². The maximum absolute atomic E-state index is 11.3. The molecular weight excluding hydrogens is 248 g/mol. The summed E-state index contributed by atoms with van der Waals surface area (Å²) in [4.78, 5) is 15.6. The van der Waals surface area contributed by atoms with Crippen LogP contribution in [0.1, 0.15) is 49.5 Å². The van der Waals surface area contributed by atoms with Crippen LogP contribution in [0.25, 0.3) is 0 Å². The maximum atomic E-state index is 11.3. The minimum atomic E-state index is -0.366. The van der Waals surface area contributed by atoms with Crippen molar-refractivity contribution in [3.05, 3.63) is 11.1 Å². The Labute approximate surface area is 112 Å². The van der Waals surface area contributed by atoms with E-state index in [0.717, 1.165) is 11.0 Å². The maximum Gasteiger partial charge on any atom is 0.357 e. The van der Waals surface area contributed by atoms with Gasteiger partial charge in [-0.3, -0.25) is 0 Å². The molecule has 1 aliphatic rings. The predicted molar refractivity (Wildman–Crippen MR) is 73.1 cm³/mol. The average Bonchev–Trinajstić information content (AvgIpc) is 2.86. The molecule has 1 aromatic rings. The van der Waals surface area contributed by atoms with Gasteiger partial charge in [-0.1, -0.05) is 26.2 Å². The second-order valence-corrected chi connectivity index (χ2v) is 5.67. The van der Waals surface area contributed by atoms with Crippen molar-refractivity contribution in [2.75, 3.05) is 12.4 Å². The van der Waals surface area contributed by atoms with E-state index < -0.39 is 0 Å². The van der Waals surface area contributed by atoms with Crippen LogP contribution in [0.5, 0.6) is 0 Å². The fourth-order valence-electron chi connectivity index (χ4n) is 2.51. The minimum Gasteiger partial charge on any atom is -0.464 e. The number of methoxy groups -OCH3 is 1. The molecule has 2 rings (SSSR count). The molecule has 0 aliphatic heterocycles. The average molecular weight is 268 g/mol. The quantitative estimate of drug-likeness (QED) is 0.851. The smallest absolute Gasteiger partial charge is 0.357 e. The summed E-state index contributed by atoms with van der Waals surface area (Å²) in [5.41, 5.74) is 0.396. The fraction of sp³-hybridized carbons (Fsp3) is 0.692. The molecule has 4 nitrogen and oxygen atoms in total. The molecule has 0 aromatic carbocycles. The second-order valence-electron chi connectivity index (χ2n) is 4.81. The van der Waals surface area contributed by atoms with Crippen molar-refractivity contribution >= 4 is 22.4 Å². The first kappa shape index (κ1) is 13.3. The van der Waals surface area contributed by atoms with E-state index in [-0.39, 0.29) is 5.97 Å². The Morgan fingerprint density at radius 1 is 1.61 bits per heavy atom. The monoisotopic (exact) mass is 268 g/mol. The van der Waals surface area contributed by atoms with Gasteiger partial charge in [0.25, 0.3) is 0 Å². The van der Waals surface area contributed by atoms with E-state index in [4.69, 9.17) is 0 Å². The summed E-state index contributed by atoms with van der Waals surface area (Å²) >= 11 is 1.47. The molecule has 0 radical (unpaired) electrons. The molecule has 2 atom stereocenters. The Morgan fingerprint density at radius 3 is 3.17 bits per heavy atom. The summed E-state index contributed by atoms with van der Waals surface area (Å²) in [6, 6.07) is 0.500. The van der Waals surface area contributed by atoms with E-state index >= 15 is 0 Å². The number of rotatable bonds is 4. The molecule has 0 spiro atoms. The summed E-state index contributed by atoms with van der Waals surface area (Å²) in [5.74, 6) is 0.464. The van der Waals surface area contributed by atoms with Crippen molar-refractivity contribution in [3.8, 4) is 0 Å². The summed E-state index contributed by atoms with van der Waals surface area (Å²) in [5, 5.41) is 6.02. The first-order valence-electron chi connectivity index (χ1n) is 6.53. The predicted octanol–water partition coefficient (Wildman–Crippen LogP) is 3.31. The Bertz CT molecular complexity index is 405. The molecule has 1 heterocycles. The highest BCUT2D eigenvalue weighted by Gasteiger charge is 2.21. The third kappa shape index (κ3) is 3.22. The summed E-state index contributed by atoms with van der Waals surface area (Å²) in [6.07, 6.45) is 6.29. The molecular formula is C13H20N2O2S. The molecule has 1 aliphatic carbocycles. The number of hydrogen-bond donors (Lipinski definition) is 1. The zero-order valence-electron chi connectivity index (χ0n) is 10.9. The van der Waals surface area contributed by atoms with Crippen molar-refractivity contribution < 1.29 is 9.53 Å². The van der Waals surface area contributed by atoms with Gasteiger partial charge in [0.2, 0.25) is 0 Å². The molecule has 100 valence electrons. The molecule has 18 heavy (non-hydrogen) atoms. The van der Waals surface area contributed by atoms with Crippen LogP contribution in [0.4, 0.5) is 5.13 Å². The van der Waals surface area contributed by atoms with Gasteiger partial charge in [-0.15, -0.1) is 11.3 Å². The Balaban J connectivity index is 1.92.